The number of aliphatic hydroxyl groups is 2. The SMILES string of the molecule is C[C@]1(O)CC[C@H](O)C[C@@H]1CC[N+](C)(C)[O-]. The van der Waals surface area contributed by atoms with Gasteiger partial charge in [0.2, 0.25) is 0 Å². The van der Waals surface area contributed by atoms with Crippen LogP contribution in [0.3, 0.4) is 0 Å². The molecular weight excluding hydrogens is 194 g/mol. The molecule has 90 valence electrons. The lowest BCUT2D eigenvalue weighted by atomic mass is 9.74. The molecule has 0 radical (unpaired) electrons. The van der Waals surface area contributed by atoms with Crippen LogP contribution >= 0.6 is 0 Å². The summed E-state index contributed by atoms with van der Waals surface area (Å²) in [6.45, 7) is 2.31. The van der Waals surface area contributed by atoms with Crippen molar-refractivity contribution in [1.82, 2.24) is 0 Å². The third-order valence-corrected chi connectivity index (χ3v) is 3.44. The van der Waals surface area contributed by atoms with Crippen molar-refractivity contribution in [3.05, 3.63) is 5.21 Å². The van der Waals surface area contributed by atoms with Crippen molar-refractivity contribution in [1.29, 1.82) is 0 Å². The zero-order valence-corrected chi connectivity index (χ0v) is 9.94. The largest absolute Gasteiger partial charge is 0.633 e. The van der Waals surface area contributed by atoms with Crippen molar-refractivity contribution >= 4 is 0 Å². The highest BCUT2D eigenvalue weighted by Gasteiger charge is 2.38. The average molecular weight is 217 g/mol. The summed E-state index contributed by atoms with van der Waals surface area (Å²) < 4.78 is -0.331. The fraction of sp³-hybridized carbons (Fsp3) is 1.00. The summed E-state index contributed by atoms with van der Waals surface area (Å²) in [7, 11) is 3.21. The molecule has 15 heavy (non-hydrogen) atoms. The van der Waals surface area contributed by atoms with Crippen LogP contribution in [0.25, 0.3) is 0 Å². The number of aliphatic hydroxyl groups excluding tert-OH is 1. The Balaban J connectivity index is 2.50. The number of hydroxylamine groups is 3. The first-order chi connectivity index (χ1) is 6.71. The molecule has 1 rings (SSSR count). The lowest BCUT2D eigenvalue weighted by Gasteiger charge is -2.42. The highest BCUT2D eigenvalue weighted by atomic mass is 16.5. The minimum atomic E-state index is -0.714. The van der Waals surface area contributed by atoms with Crippen LogP contribution in [-0.2, 0) is 0 Å². The molecule has 3 atom stereocenters. The van der Waals surface area contributed by atoms with Gasteiger partial charge in [-0.15, -0.1) is 0 Å². The molecule has 0 saturated heterocycles. The molecule has 0 amide bonds. The van der Waals surface area contributed by atoms with Crippen molar-refractivity contribution in [2.24, 2.45) is 5.92 Å². The van der Waals surface area contributed by atoms with Gasteiger partial charge in [0.05, 0.1) is 32.3 Å². The molecule has 1 saturated carbocycles. The predicted octanol–water partition coefficient (Wildman–Crippen LogP) is 0.863. The Hall–Kier alpha value is -0.160. The van der Waals surface area contributed by atoms with Crippen molar-refractivity contribution < 1.29 is 14.9 Å². The molecule has 0 aromatic rings. The van der Waals surface area contributed by atoms with Crippen LogP contribution in [0.1, 0.15) is 32.6 Å². The van der Waals surface area contributed by atoms with E-state index in [2.05, 4.69) is 0 Å². The Morgan fingerprint density at radius 2 is 2.07 bits per heavy atom. The topological polar surface area (TPSA) is 63.5 Å². The zero-order valence-electron chi connectivity index (χ0n) is 9.94. The monoisotopic (exact) mass is 217 g/mol. The second kappa shape index (κ2) is 4.37. The van der Waals surface area contributed by atoms with E-state index in [0.717, 1.165) is 0 Å². The summed E-state index contributed by atoms with van der Waals surface area (Å²) in [5.41, 5.74) is -0.714. The molecule has 0 bridgehead atoms. The number of rotatable bonds is 3. The molecule has 1 fully saturated rings. The van der Waals surface area contributed by atoms with E-state index < -0.39 is 5.60 Å². The van der Waals surface area contributed by atoms with Crippen molar-refractivity contribution in [3.8, 4) is 0 Å². The molecule has 0 unspecified atom stereocenters. The molecule has 0 aromatic heterocycles. The smallest absolute Gasteiger partial charge is 0.0783 e. The third-order valence-electron chi connectivity index (χ3n) is 3.44. The normalized spacial score (nSPS) is 38.0. The van der Waals surface area contributed by atoms with Crippen LogP contribution in [0.15, 0.2) is 0 Å². The maximum Gasteiger partial charge on any atom is 0.0783 e. The van der Waals surface area contributed by atoms with Gasteiger partial charge in [-0.3, -0.25) is 0 Å². The summed E-state index contributed by atoms with van der Waals surface area (Å²) in [4.78, 5) is 0. The molecule has 0 spiro atoms. The van der Waals surface area contributed by atoms with Gasteiger partial charge in [-0.25, -0.2) is 0 Å². The zero-order chi connectivity index (χ0) is 11.7. The Kier molecular flexibility index (Phi) is 3.76. The highest BCUT2D eigenvalue weighted by molar-refractivity contribution is 4.89. The van der Waals surface area contributed by atoms with E-state index in [9.17, 15) is 15.4 Å². The summed E-state index contributed by atoms with van der Waals surface area (Å²) >= 11 is 0. The summed E-state index contributed by atoms with van der Waals surface area (Å²) in [5, 5.41) is 31.1. The first kappa shape index (κ1) is 12.9. The van der Waals surface area contributed by atoms with Crippen LogP contribution in [0.5, 0.6) is 0 Å². The lowest BCUT2D eigenvalue weighted by Crippen LogP contribution is -2.44. The van der Waals surface area contributed by atoms with Crippen molar-refractivity contribution in [3.63, 3.8) is 0 Å². The number of quaternary nitrogens is 1. The maximum absolute atomic E-state index is 11.4. The predicted molar refractivity (Wildman–Crippen MR) is 58.9 cm³/mol. The van der Waals surface area contributed by atoms with Gasteiger partial charge in [0, 0.05) is 6.42 Å². The van der Waals surface area contributed by atoms with E-state index >= 15 is 0 Å². The minimum absolute atomic E-state index is 0.0487. The number of hydrogen-bond donors (Lipinski definition) is 2. The first-order valence-electron chi connectivity index (χ1n) is 5.65. The highest BCUT2D eigenvalue weighted by Crippen LogP contribution is 2.36. The van der Waals surface area contributed by atoms with Gasteiger partial charge in [-0.1, -0.05) is 0 Å². The molecule has 1 aliphatic carbocycles. The van der Waals surface area contributed by atoms with Gasteiger partial charge in [-0.05, 0) is 32.1 Å². The minimum Gasteiger partial charge on any atom is -0.633 e. The summed E-state index contributed by atoms with van der Waals surface area (Å²) in [5.74, 6) is 0.0487. The fourth-order valence-electron chi connectivity index (χ4n) is 2.26. The van der Waals surface area contributed by atoms with Gasteiger partial charge in [0.25, 0.3) is 0 Å². The third kappa shape index (κ3) is 4.07. The van der Waals surface area contributed by atoms with Crippen LogP contribution in [0, 0.1) is 11.1 Å². The number of nitrogens with zero attached hydrogens (tertiary/aromatic N) is 1. The van der Waals surface area contributed by atoms with Crippen LogP contribution in [0.2, 0.25) is 0 Å². The van der Waals surface area contributed by atoms with E-state index in [0.29, 0.717) is 32.2 Å². The summed E-state index contributed by atoms with van der Waals surface area (Å²) in [6.07, 6.45) is 2.29. The number of hydrogen-bond acceptors (Lipinski definition) is 3. The van der Waals surface area contributed by atoms with Gasteiger partial charge in [0.15, 0.2) is 0 Å². The van der Waals surface area contributed by atoms with Gasteiger partial charge in [-0.2, -0.15) is 0 Å². The van der Waals surface area contributed by atoms with Gasteiger partial charge >= 0.3 is 0 Å². The van der Waals surface area contributed by atoms with E-state index in [1.54, 1.807) is 14.1 Å². The quantitative estimate of drug-likeness (QED) is 0.544. The maximum atomic E-state index is 11.4. The Bertz CT molecular complexity index is 210. The van der Waals surface area contributed by atoms with E-state index in [1.165, 1.54) is 0 Å². The molecule has 0 aromatic carbocycles. The van der Waals surface area contributed by atoms with Gasteiger partial charge < -0.3 is 20.1 Å². The standard InChI is InChI=1S/C11H23NO3/c1-11(14)6-4-10(13)8-9(11)5-7-12(2,3)15/h9-10,13-14H,4-8H2,1-3H3/t9-,10-,11-/m0/s1. The second-order valence-corrected chi connectivity index (χ2v) is 5.57. The Labute approximate surface area is 91.7 Å². The molecule has 1 aliphatic rings. The second-order valence-electron chi connectivity index (χ2n) is 5.57. The molecular formula is C11H23NO3. The molecule has 4 nitrogen and oxygen atoms in total. The fourth-order valence-corrected chi connectivity index (χ4v) is 2.26. The van der Waals surface area contributed by atoms with Crippen molar-refractivity contribution in [2.75, 3.05) is 20.6 Å². The lowest BCUT2D eigenvalue weighted by molar-refractivity contribution is -0.840. The molecule has 4 heteroatoms. The van der Waals surface area contributed by atoms with Crippen molar-refractivity contribution in [2.45, 2.75) is 44.3 Å². The average Bonchev–Trinajstić information content (AvgIpc) is 2.05. The molecule has 2 N–H and O–H groups in total. The van der Waals surface area contributed by atoms with E-state index in [1.807, 2.05) is 6.92 Å². The van der Waals surface area contributed by atoms with Crippen LogP contribution in [0.4, 0.5) is 0 Å². The van der Waals surface area contributed by atoms with E-state index in [-0.39, 0.29) is 16.7 Å². The van der Waals surface area contributed by atoms with Gasteiger partial charge in [0.1, 0.15) is 0 Å². The summed E-state index contributed by atoms with van der Waals surface area (Å²) in [6, 6.07) is 0. The van der Waals surface area contributed by atoms with E-state index in [4.69, 9.17) is 0 Å². The molecule has 0 aliphatic heterocycles. The van der Waals surface area contributed by atoms with Crippen LogP contribution < -0.4 is 0 Å². The Morgan fingerprint density at radius 3 is 2.60 bits per heavy atom. The first-order valence-corrected chi connectivity index (χ1v) is 5.65. The van der Waals surface area contributed by atoms with Crippen LogP contribution in [-0.4, -0.2) is 47.2 Å². The Morgan fingerprint density at radius 1 is 1.47 bits per heavy atom. The molecule has 0 heterocycles.